The predicted octanol–water partition coefficient (Wildman–Crippen LogP) is 2.10. The van der Waals surface area contributed by atoms with Crippen LogP contribution in [0.15, 0.2) is 0 Å². The Morgan fingerprint density at radius 2 is 1.67 bits per heavy atom. The molecule has 3 nitrogen and oxygen atoms in total. The van der Waals surface area contributed by atoms with Crippen LogP contribution in [0.3, 0.4) is 0 Å². The van der Waals surface area contributed by atoms with Gasteiger partial charge in [-0.2, -0.15) is 12.6 Å². The first kappa shape index (κ1) is 14.9. The molecule has 0 aromatic carbocycles. The van der Waals surface area contributed by atoms with E-state index in [0.29, 0.717) is 12.4 Å². The summed E-state index contributed by atoms with van der Waals surface area (Å²) in [4.78, 5) is 10.8. The lowest BCUT2D eigenvalue weighted by Crippen LogP contribution is -2.38. The van der Waals surface area contributed by atoms with Crippen LogP contribution >= 0.6 is 12.6 Å². The third-order valence-electron chi connectivity index (χ3n) is 1.86. The van der Waals surface area contributed by atoms with E-state index in [1.54, 1.807) is 0 Å². The summed E-state index contributed by atoms with van der Waals surface area (Å²) in [5.74, 6) is 0.673. The molecule has 0 amide bonds. The molecule has 90 valence electrons. The van der Waals surface area contributed by atoms with Gasteiger partial charge in [0.15, 0.2) is 5.78 Å². The van der Waals surface area contributed by atoms with Crippen LogP contribution in [0.4, 0.5) is 0 Å². The van der Waals surface area contributed by atoms with Crippen molar-refractivity contribution in [2.45, 2.75) is 45.8 Å². The van der Waals surface area contributed by atoms with Gasteiger partial charge >= 0.3 is 0 Å². The number of hydrogen-bond donors (Lipinski definition) is 1. The number of ketones is 1. The number of carbonyl (C=O) groups is 1. The quantitative estimate of drug-likeness (QED) is 0.685. The van der Waals surface area contributed by atoms with E-state index in [1.807, 2.05) is 27.7 Å². The SMILES string of the molecule is CC(=O)COC(C)(C)COC(C)(C)CS. The molecule has 0 radical (unpaired) electrons. The first-order chi connectivity index (χ1) is 6.68. The van der Waals surface area contributed by atoms with Crippen molar-refractivity contribution in [2.75, 3.05) is 19.0 Å². The number of ether oxygens (including phenoxy) is 2. The molecule has 0 aliphatic rings. The molecule has 0 saturated heterocycles. The Morgan fingerprint density at radius 1 is 1.13 bits per heavy atom. The molecular weight excluding hydrogens is 212 g/mol. The standard InChI is InChI=1S/C11H22O3S/c1-9(12)6-13-10(2,3)7-14-11(4,5)8-15/h15H,6-8H2,1-5H3. The molecule has 0 aliphatic carbocycles. The normalized spacial score (nSPS) is 12.9. The lowest BCUT2D eigenvalue weighted by atomic mass is 10.1. The fourth-order valence-electron chi connectivity index (χ4n) is 0.753. The number of hydrogen-bond acceptors (Lipinski definition) is 4. The molecular formula is C11H22O3S. The summed E-state index contributed by atoms with van der Waals surface area (Å²) in [6.45, 7) is 9.86. The van der Waals surface area contributed by atoms with Gasteiger partial charge in [0.05, 0.1) is 17.8 Å². The van der Waals surface area contributed by atoms with Crippen LogP contribution in [0.1, 0.15) is 34.6 Å². The van der Waals surface area contributed by atoms with E-state index in [-0.39, 0.29) is 18.0 Å². The second kappa shape index (κ2) is 5.87. The number of carbonyl (C=O) groups excluding carboxylic acids is 1. The van der Waals surface area contributed by atoms with Gasteiger partial charge in [0.25, 0.3) is 0 Å². The number of thiol groups is 1. The Bertz CT molecular complexity index is 212. The smallest absolute Gasteiger partial charge is 0.155 e. The van der Waals surface area contributed by atoms with Crippen molar-refractivity contribution in [2.24, 2.45) is 0 Å². The molecule has 0 aromatic heterocycles. The summed E-state index contributed by atoms with van der Waals surface area (Å²) in [5.41, 5.74) is -0.703. The highest BCUT2D eigenvalue weighted by molar-refractivity contribution is 7.80. The Hall–Kier alpha value is -0.0600. The predicted molar refractivity (Wildman–Crippen MR) is 64.6 cm³/mol. The largest absolute Gasteiger partial charge is 0.372 e. The van der Waals surface area contributed by atoms with Crippen molar-refractivity contribution in [1.82, 2.24) is 0 Å². The van der Waals surface area contributed by atoms with Crippen LogP contribution in [0.5, 0.6) is 0 Å². The van der Waals surface area contributed by atoms with Gasteiger partial charge in [0.1, 0.15) is 6.61 Å². The van der Waals surface area contributed by atoms with Crippen LogP contribution in [-0.4, -0.2) is 36.0 Å². The van der Waals surface area contributed by atoms with E-state index in [4.69, 9.17) is 9.47 Å². The second-order valence-electron chi connectivity index (χ2n) is 4.96. The third-order valence-corrected chi connectivity index (χ3v) is 2.62. The van der Waals surface area contributed by atoms with Gasteiger partial charge in [-0.25, -0.2) is 0 Å². The molecule has 0 fully saturated rings. The molecule has 0 N–H and O–H groups in total. The maximum absolute atomic E-state index is 10.8. The zero-order chi connectivity index (χ0) is 12.1. The summed E-state index contributed by atoms with van der Waals surface area (Å²) in [5, 5.41) is 0. The van der Waals surface area contributed by atoms with Crippen molar-refractivity contribution in [3.8, 4) is 0 Å². The maximum Gasteiger partial charge on any atom is 0.155 e. The van der Waals surface area contributed by atoms with Crippen LogP contribution in [-0.2, 0) is 14.3 Å². The minimum atomic E-state index is -0.439. The number of rotatable bonds is 7. The van der Waals surface area contributed by atoms with Crippen molar-refractivity contribution in [1.29, 1.82) is 0 Å². The second-order valence-corrected chi connectivity index (χ2v) is 5.27. The minimum absolute atomic E-state index is 0.0246. The monoisotopic (exact) mass is 234 g/mol. The average Bonchev–Trinajstić information content (AvgIpc) is 2.13. The lowest BCUT2D eigenvalue weighted by molar-refractivity contribution is -0.138. The first-order valence-corrected chi connectivity index (χ1v) is 5.70. The Balaban J connectivity index is 3.98. The van der Waals surface area contributed by atoms with Crippen molar-refractivity contribution >= 4 is 18.4 Å². The summed E-state index contributed by atoms with van der Waals surface area (Å²) in [7, 11) is 0. The van der Waals surface area contributed by atoms with E-state index in [2.05, 4.69) is 12.6 Å². The van der Waals surface area contributed by atoms with Crippen molar-refractivity contribution in [3.05, 3.63) is 0 Å². The van der Waals surface area contributed by atoms with E-state index >= 15 is 0 Å². The minimum Gasteiger partial charge on any atom is -0.372 e. The highest BCUT2D eigenvalue weighted by Crippen LogP contribution is 2.17. The molecule has 0 bridgehead atoms. The van der Waals surface area contributed by atoms with Gasteiger partial charge < -0.3 is 9.47 Å². The fraction of sp³-hybridized carbons (Fsp3) is 0.909. The van der Waals surface area contributed by atoms with Gasteiger partial charge in [-0.1, -0.05) is 0 Å². The van der Waals surface area contributed by atoms with Gasteiger partial charge in [0, 0.05) is 5.75 Å². The molecule has 0 atom stereocenters. The molecule has 0 spiro atoms. The van der Waals surface area contributed by atoms with Crippen LogP contribution in [0.25, 0.3) is 0 Å². The fourth-order valence-corrected chi connectivity index (χ4v) is 0.845. The molecule has 4 heteroatoms. The van der Waals surface area contributed by atoms with Crippen LogP contribution in [0, 0.1) is 0 Å². The van der Waals surface area contributed by atoms with Gasteiger partial charge in [-0.05, 0) is 34.6 Å². The van der Waals surface area contributed by atoms with Gasteiger partial charge in [0.2, 0.25) is 0 Å². The maximum atomic E-state index is 10.8. The molecule has 0 rings (SSSR count). The van der Waals surface area contributed by atoms with Crippen molar-refractivity contribution < 1.29 is 14.3 Å². The van der Waals surface area contributed by atoms with Crippen molar-refractivity contribution in [3.63, 3.8) is 0 Å². The van der Waals surface area contributed by atoms with Crippen LogP contribution in [0.2, 0.25) is 0 Å². The topological polar surface area (TPSA) is 35.5 Å². The summed E-state index contributed by atoms with van der Waals surface area (Å²) < 4.78 is 11.1. The van der Waals surface area contributed by atoms with E-state index in [9.17, 15) is 4.79 Å². The molecule has 0 aromatic rings. The summed E-state index contributed by atoms with van der Waals surface area (Å²) in [6.07, 6.45) is 0. The van der Waals surface area contributed by atoms with Gasteiger partial charge in [-0.15, -0.1) is 0 Å². The Morgan fingerprint density at radius 3 is 2.07 bits per heavy atom. The summed E-state index contributed by atoms with van der Waals surface area (Å²) >= 11 is 4.20. The summed E-state index contributed by atoms with van der Waals surface area (Å²) in [6, 6.07) is 0. The highest BCUT2D eigenvalue weighted by Gasteiger charge is 2.24. The molecule has 0 heterocycles. The lowest BCUT2D eigenvalue weighted by Gasteiger charge is -2.30. The first-order valence-electron chi connectivity index (χ1n) is 5.07. The van der Waals surface area contributed by atoms with E-state index in [0.717, 1.165) is 0 Å². The number of Topliss-reactive ketones (excluding diaryl/α,β-unsaturated/α-hetero) is 1. The third kappa shape index (κ3) is 7.82. The molecule has 15 heavy (non-hydrogen) atoms. The zero-order valence-corrected chi connectivity index (χ0v) is 11.2. The highest BCUT2D eigenvalue weighted by atomic mass is 32.1. The average molecular weight is 234 g/mol. The Labute approximate surface area is 97.9 Å². The van der Waals surface area contributed by atoms with E-state index in [1.165, 1.54) is 6.92 Å². The molecule has 0 aliphatic heterocycles. The molecule has 0 unspecified atom stereocenters. The van der Waals surface area contributed by atoms with E-state index < -0.39 is 5.60 Å². The Kier molecular flexibility index (Phi) is 5.85. The van der Waals surface area contributed by atoms with Crippen LogP contribution < -0.4 is 0 Å². The van der Waals surface area contributed by atoms with Gasteiger partial charge in [-0.3, -0.25) is 4.79 Å². The zero-order valence-electron chi connectivity index (χ0n) is 10.3. The molecule has 0 saturated carbocycles.